The molecule has 0 aliphatic carbocycles. The molecule has 0 fully saturated rings. The first-order chi connectivity index (χ1) is 13.7. The lowest BCUT2D eigenvalue weighted by molar-refractivity contribution is -0.384. The zero-order valence-corrected chi connectivity index (χ0v) is 16.0. The molecule has 1 aromatic carbocycles. The quantitative estimate of drug-likeness (QED) is 0.397. The molecule has 1 unspecified atom stereocenters. The number of nitro groups is 1. The number of nitrogens with zero attached hydrogens (tertiary/aromatic N) is 2. The van der Waals surface area contributed by atoms with E-state index in [2.05, 4.69) is 10.5 Å². The number of non-ortho nitro benzene ring substituents is 1. The third-order valence-corrected chi connectivity index (χ3v) is 3.67. The Morgan fingerprint density at radius 3 is 2.34 bits per heavy atom. The zero-order chi connectivity index (χ0) is 21.6. The molecule has 0 bridgehead atoms. The predicted octanol–water partition coefficient (Wildman–Crippen LogP) is 2.64. The Morgan fingerprint density at radius 2 is 1.83 bits per heavy atom. The van der Waals surface area contributed by atoms with Gasteiger partial charge in [-0.25, -0.2) is 9.59 Å². The van der Waals surface area contributed by atoms with Crippen molar-refractivity contribution < 1.29 is 33.3 Å². The summed E-state index contributed by atoms with van der Waals surface area (Å²) in [7, 11) is 0. The van der Waals surface area contributed by atoms with E-state index < -0.39 is 34.6 Å². The van der Waals surface area contributed by atoms with Gasteiger partial charge in [0.25, 0.3) is 11.6 Å². The first-order valence-corrected chi connectivity index (χ1v) is 8.66. The number of ether oxygens (including phenoxy) is 2. The maximum absolute atomic E-state index is 12.5. The van der Waals surface area contributed by atoms with E-state index in [1.807, 2.05) is 0 Å². The van der Waals surface area contributed by atoms with Crippen molar-refractivity contribution in [1.29, 1.82) is 0 Å². The highest BCUT2D eigenvalue weighted by Gasteiger charge is 2.25. The molecular formula is C18H19N3O8. The van der Waals surface area contributed by atoms with Gasteiger partial charge in [0.05, 0.1) is 22.7 Å². The van der Waals surface area contributed by atoms with Gasteiger partial charge >= 0.3 is 11.9 Å². The number of nitro benzene ring substituents is 1. The van der Waals surface area contributed by atoms with Crippen LogP contribution in [0.4, 0.5) is 11.5 Å². The molecule has 1 heterocycles. The summed E-state index contributed by atoms with van der Waals surface area (Å²) in [5.41, 5.74) is -0.924. The SMILES string of the molecule is CCOC(=O)c1cc(C(=O)OC(CC)C(=O)Nc2cc(C)on2)cc([N+](=O)[O-])c1. The number of aryl methyl sites for hydroxylation is 1. The molecule has 0 aliphatic rings. The molecule has 1 aromatic heterocycles. The van der Waals surface area contributed by atoms with Crippen molar-refractivity contribution in [3.63, 3.8) is 0 Å². The Bertz CT molecular complexity index is 937. The summed E-state index contributed by atoms with van der Waals surface area (Å²) < 4.78 is 14.8. The van der Waals surface area contributed by atoms with Crippen molar-refractivity contribution in [2.45, 2.75) is 33.3 Å². The van der Waals surface area contributed by atoms with Crippen molar-refractivity contribution in [3.05, 3.63) is 51.3 Å². The van der Waals surface area contributed by atoms with Gasteiger partial charge in [-0.05, 0) is 26.3 Å². The number of rotatable bonds is 8. The fourth-order valence-corrected chi connectivity index (χ4v) is 2.32. The highest BCUT2D eigenvalue weighted by atomic mass is 16.6. The van der Waals surface area contributed by atoms with Crippen molar-refractivity contribution in [1.82, 2.24) is 5.16 Å². The molecule has 1 N–H and O–H groups in total. The summed E-state index contributed by atoms with van der Waals surface area (Å²) in [6, 6.07) is 4.54. The average molecular weight is 405 g/mol. The molecule has 0 saturated heterocycles. The van der Waals surface area contributed by atoms with Crippen molar-refractivity contribution >= 4 is 29.4 Å². The van der Waals surface area contributed by atoms with Crippen molar-refractivity contribution in [2.24, 2.45) is 0 Å². The van der Waals surface area contributed by atoms with Gasteiger partial charge in [-0.2, -0.15) is 0 Å². The predicted molar refractivity (Wildman–Crippen MR) is 98.4 cm³/mol. The lowest BCUT2D eigenvalue weighted by Gasteiger charge is -2.15. The number of benzene rings is 1. The molecule has 29 heavy (non-hydrogen) atoms. The van der Waals surface area contributed by atoms with Crippen LogP contribution < -0.4 is 5.32 Å². The monoisotopic (exact) mass is 405 g/mol. The van der Waals surface area contributed by atoms with Crippen LogP contribution in [0.1, 0.15) is 46.7 Å². The van der Waals surface area contributed by atoms with Crippen molar-refractivity contribution in [2.75, 3.05) is 11.9 Å². The van der Waals surface area contributed by atoms with Crippen LogP contribution in [0, 0.1) is 17.0 Å². The third-order valence-electron chi connectivity index (χ3n) is 3.67. The number of nitrogens with one attached hydrogen (secondary N) is 1. The van der Waals surface area contributed by atoms with Crippen LogP contribution in [-0.2, 0) is 14.3 Å². The van der Waals surface area contributed by atoms with E-state index in [-0.39, 0.29) is 30.0 Å². The van der Waals surface area contributed by atoms with E-state index in [0.717, 1.165) is 18.2 Å². The van der Waals surface area contributed by atoms with Gasteiger partial charge in [0.2, 0.25) is 0 Å². The maximum atomic E-state index is 12.5. The third kappa shape index (κ3) is 5.61. The Balaban J connectivity index is 2.21. The summed E-state index contributed by atoms with van der Waals surface area (Å²) in [5, 5.41) is 17.2. The van der Waals surface area contributed by atoms with Crippen LogP contribution in [0.15, 0.2) is 28.8 Å². The van der Waals surface area contributed by atoms with Crippen LogP contribution in [-0.4, -0.2) is 40.6 Å². The molecule has 154 valence electrons. The minimum atomic E-state index is -1.19. The van der Waals surface area contributed by atoms with Gasteiger partial charge in [-0.1, -0.05) is 12.1 Å². The van der Waals surface area contributed by atoms with E-state index in [4.69, 9.17) is 14.0 Å². The van der Waals surface area contributed by atoms with Gasteiger partial charge in [0, 0.05) is 18.2 Å². The molecule has 11 nitrogen and oxygen atoms in total. The zero-order valence-electron chi connectivity index (χ0n) is 16.0. The Morgan fingerprint density at radius 1 is 1.17 bits per heavy atom. The second-order valence-corrected chi connectivity index (χ2v) is 5.86. The molecule has 1 atom stereocenters. The molecular weight excluding hydrogens is 386 g/mol. The molecule has 1 amide bonds. The van der Waals surface area contributed by atoms with Gasteiger partial charge < -0.3 is 19.3 Å². The standard InChI is InChI=1S/C18H19N3O8/c1-4-14(16(22)19-15-6-10(3)29-20-15)28-18(24)12-7-11(17(23)27-5-2)8-13(9-12)21(25)26/h6-9,14H,4-5H2,1-3H3,(H,19,20,22). The van der Waals surface area contributed by atoms with Gasteiger partial charge in [0.15, 0.2) is 11.9 Å². The topological polar surface area (TPSA) is 151 Å². The molecule has 0 radical (unpaired) electrons. The summed E-state index contributed by atoms with van der Waals surface area (Å²) >= 11 is 0. The highest BCUT2D eigenvalue weighted by Crippen LogP contribution is 2.20. The minimum Gasteiger partial charge on any atom is -0.462 e. The highest BCUT2D eigenvalue weighted by molar-refractivity contribution is 5.99. The number of esters is 2. The fourth-order valence-electron chi connectivity index (χ4n) is 2.32. The van der Waals surface area contributed by atoms with Gasteiger partial charge in [-0.3, -0.25) is 14.9 Å². The van der Waals surface area contributed by atoms with Gasteiger partial charge in [-0.15, -0.1) is 0 Å². The number of aromatic nitrogens is 1. The fraction of sp³-hybridized carbons (Fsp3) is 0.333. The molecule has 11 heteroatoms. The van der Waals surface area contributed by atoms with Crippen molar-refractivity contribution in [3.8, 4) is 0 Å². The van der Waals surface area contributed by atoms with Crippen LogP contribution >= 0.6 is 0 Å². The lowest BCUT2D eigenvalue weighted by Crippen LogP contribution is -2.32. The molecule has 0 aliphatic heterocycles. The number of hydrogen-bond donors (Lipinski definition) is 1. The van der Waals surface area contributed by atoms with Crippen LogP contribution in [0.2, 0.25) is 0 Å². The van der Waals surface area contributed by atoms with Crippen LogP contribution in [0.25, 0.3) is 0 Å². The average Bonchev–Trinajstić information content (AvgIpc) is 3.10. The summed E-state index contributed by atoms with van der Waals surface area (Å²) in [4.78, 5) is 47.1. The largest absolute Gasteiger partial charge is 0.462 e. The van der Waals surface area contributed by atoms with E-state index in [0.29, 0.717) is 5.76 Å². The lowest BCUT2D eigenvalue weighted by atomic mass is 10.1. The van der Waals surface area contributed by atoms with E-state index in [1.165, 1.54) is 6.07 Å². The maximum Gasteiger partial charge on any atom is 0.339 e. The van der Waals surface area contributed by atoms with E-state index in [9.17, 15) is 24.5 Å². The first-order valence-electron chi connectivity index (χ1n) is 8.66. The van der Waals surface area contributed by atoms with E-state index >= 15 is 0 Å². The van der Waals surface area contributed by atoms with Crippen LogP contribution in [0.3, 0.4) is 0 Å². The minimum absolute atomic E-state index is 0.0565. The summed E-state index contributed by atoms with van der Waals surface area (Å²) in [5.74, 6) is -1.84. The molecule has 0 saturated carbocycles. The molecule has 2 aromatic rings. The number of carbonyl (C=O) groups excluding carboxylic acids is 3. The molecule has 0 spiro atoms. The first kappa shape index (κ1) is 21.5. The normalized spacial score (nSPS) is 11.4. The van der Waals surface area contributed by atoms with E-state index in [1.54, 1.807) is 20.8 Å². The number of hydrogen-bond acceptors (Lipinski definition) is 9. The number of carbonyl (C=O) groups is 3. The number of anilines is 1. The van der Waals surface area contributed by atoms with Crippen LogP contribution in [0.5, 0.6) is 0 Å². The summed E-state index contributed by atoms with van der Waals surface area (Å²) in [6.07, 6.45) is -1.06. The Hall–Kier alpha value is -3.76. The Kier molecular flexibility index (Phi) is 7.01. The second-order valence-electron chi connectivity index (χ2n) is 5.86. The summed E-state index contributed by atoms with van der Waals surface area (Å²) in [6.45, 7) is 4.89. The second kappa shape index (κ2) is 9.44. The molecule has 2 rings (SSSR count). The smallest absolute Gasteiger partial charge is 0.339 e. The number of amides is 1. The van der Waals surface area contributed by atoms with Gasteiger partial charge in [0.1, 0.15) is 5.76 Å². The Labute approximate surface area is 165 Å².